The first-order valence-corrected chi connectivity index (χ1v) is 6.35. The Morgan fingerprint density at radius 1 is 1.06 bits per heavy atom. The molecule has 0 bridgehead atoms. The van der Waals surface area contributed by atoms with Crippen LogP contribution in [0.15, 0.2) is 42.5 Å². The Bertz CT molecular complexity index is 585. The van der Waals surface area contributed by atoms with Gasteiger partial charge in [-0.05, 0) is 12.3 Å². The van der Waals surface area contributed by atoms with Gasteiger partial charge in [0.25, 0.3) is 0 Å². The van der Waals surface area contributed by atoms with E-state index in [2.05, 4.69) is 24.3 Å². The predicted molar refractivity (Wildman–Crippen MR) is 79.1 cm³/mol. The van der Waals surface area contributed by atoms with Crippen molar-refractivity contribution in [2.24, 2.45) is 0 Å². The standard InChI is InChI=1S/C14H11BO.C2H6/c1-14(15)9-8-11-7-6-10-4-2-3-5-12(10)13(11)16-14;1-2/h2-9H,1H3;1-2H3. The lowest BCUT2D eigenvalue weighted by Crippen LogP contribution is -2.32. The molecule has 0 saturated heterocycles. The van der Waals surface area contributed by atoms with Crippen molar-refractivity contribution in [3.8, 4) is 5.75 Å². The molecule has 0 spiro atoms. The van der Waals surface area contributed by atoms with E-state index in [0.717, 1.165) is 16.7 Å². The molecule has 1 atom stereocenters. The summed E-state index contributed by atoms with van der Waals surface area (Å²) >= 11 is 0. The molecule has 1 nitrogen and oxygen atoms in total. The highest BCUT2D eigenvalue weighted by Crippen LogP contribution is 2.36. The first kappa shape index (κ1) is 12.8. The molecule has 2 radical (unpaired) electrons. The highest BCUT2D eigenvalue weighted by molar-refractivity contribution is 6.16. The summed E-state index contributed by atoms with van der Waals surface area (Å²) in [5, 5.41) is 2.29. The molecular weight excluding hydrogens is 219 g/mol. The second kappa shape index (κ2) is 4.89. The van der Waals surface area contributed by atoms with E-state index in [-0.39, 0.29) is 0 Å². The smallest absolute Gasteiger partial charge is 0.137 e. The fraction of sp³-hybridized carbons (Fsp3) is 0.250. The van der Waals surface area contributed by atoms with Crippen LogP contribution in [-0.2, 0) is 0 Å². The molecule has 2 aromatic carbocycles. The Hall–Kier alpha value is -1.70. The third-order valence-corrected chi connectivity index (χ3v) is 2.83. The lowest BCUT2D eigenvalue weighted by molar-refractivity contribution is 0.227. The maximum absolute atomic E-state index is 5.97. The van der Waals surface area contributed by atoms with Crippen LogP contribution in [0.3, 0.4) is 0 Å². The first-order chi connectivity index (χ1) is 8.66. The Kier molecular flexibility index (Phi) is 3.47. The second-order valence-electron chi connectivity index (χ2n) is 4.32. The lowest BCUT2D eigenvalue weighted by atomic mass is 9.81. The van der Waals surface area contributed by atoms with Crippen LogP contribution in [-0.4, -0.2) is 13.3 Å². The van der Waals surface area contributed by atoms with Crippen LogP contribution in [0, 0.1) is 0 Å². The van der Waals surface area contributed by atoms with E-state index >= 15 is 0 Å². The van der Waals surface area contributed by atoms with Crippen LogP contribution in [0.25, 0.3) is 16.8 Å². The van der Waals surface area contributed by atoms with Crippen LogP contribution in [0.5, 0.6) is 5.75 Å². The van der Waals surface area contributed by atoms with Gasteiger partial charge < -0.3 is 4.74 Å². The number of hydrogen-bond acceptors (Lipinski definition) is 1. The number of fused-ring (bicyclic) bond motifs is 3. The van der Waals surface area contributed by atoms with Crippen LogP contribution in [0.4, 0.5) is 0 Å². The normalized spacial score (nSPS) is 20.6. The van der Waals surface area contributed by atoms with Gasteiger partial charge in [0, 0.05) is 10.9 Å². The molecule has 90 valence electrons. The summed E-state index contributed by atoms with van der Waals surface area (Å²) in [6, 6.07) is 12.3. The van der Waals surface area contributed by atoms with Crippen molar-refractivity contribution in [1.82, 2.24) is 0 Å². The molecule has 0 aliphatic carbocycles. The topological polar surface area (TPSA) is 9.23 Å². The van der Waals surface area contributed by atoms with Gasteiger partial charge in [-0.25, -0.2) is 0 Å². The number of rotatable bonds is 0. The van der Waals surface area contributed by atoms with Crippen LogP contribution >= 0.6 is 0 Å². The van der Waals surface area contributed by atoms with Gasteiger partial charge in [0.15, 0.2) is 0 Å². The van der Waals surface area contributed by atoms with E-state index in [0.29, 0.717) is 0 Å². The monoisotopic (exact) mass is 236 g/mol. The molecule has 1 aliphatic rings. The third kappa shape index (κ3) is 2.28. The van der Waals surface area contributed by atoms with Gasteiger partial charge in [0.1, 0.15) is 13.6 Å². The Labute approximate surface area is 110 Å². The molecule has 0 N–H and O–H groups in total. The van der Waals surface area contributed by atoms with E-state index in [1.54, 1.807) is 0 Å². The summed E-state index contributed by atoms with van der Waals surface area (Å²) in [5.74, 6) is 0.880. The van der Waals surface area contributed by atoms with Gasteiger partial charge >= 0.3 is 0 Å². The maximum atomic E-state index is 5.97. The van der Waals surface area contributed by atoms with Crippen LogP contribution < -0.4 is 4.74 Å². The predicted octanol–water partition coefficient (Wildman–Crippen LogP) is 4.16. The van der Waals surface area contributed by atoms with Crippen LogP contribution in [0.2, 0.25) is 0 Å². The summed E-state index contributed by atoms with van der Waals surface area (Å²) in [6.45, 7) is 5.86. The number of benzene rings is 2. The first-order valence-electron chi connectivity index (χ1n) is 6.35. The highest BCUT2D eigenvalue weighted by Gasteiger charge is 2.22. The summed E-state index contributed by atoms with van der Waals surface area (Å²) in [5.41, 5.74) is 0.374. The Morgan fingerprint density at radius 2 is 1.78 bits per heavy atom. The molecule has 0 fully saturated rings. The molecule has 2 aromatic rings. The minimum absolute atomic E-state index is 0.711. The van der Waals surface area contributed by atoms with E-state index in [1.165, 1.54) is 5.39 Å². The zero-order valence-electron chi connectivity index (χ0n) is 11.1. The molecule has 3 rings (SSSR count). The van der Waals surface area contributed by atoms with Crippen molar-refractivity contribution in [3.05, 3.63) is 48.0 Å². The number of ether oxygens (including phenoxy) is 1. The van der Waals surface area contributed by atoms with Crippen LogP contribution in [0.1, 0.15) is 26.3 Å². The van der Waals surface area contributed by atoms with Crippen molar-refractivity contribution in [1.29, 1.82) is 0 Å². The van der Waals surface area contributed by atoms with E-state index in [4.69, 9.17) is 12.6 Å². The van der Waals surface area contributed by atoms with Crippen molar-refractivity contribution >= 4 is 24.7 Å². The molecule has 18 heavy (non-hydrogen) atoms. The fourth-order valence-corrected chi connectivity index (χ4v) is 2.01. The zero-order valence-corrected chi connectivity index (χ0v) is 11.1. The Morgan fingerprint density at radius 3 is 2.56 bits per heavy atom. The largest absolute Gasteiger partial charge is 0.492 e. The third-order valence-electron chi connectivity index (χ3n) is 2.83. The Balaban J connectivity index is 0.000000574. The molecule has 1 aliphatic heterocycles. The van der Waals surface area contributed by atoms with Gasteiger partial charge in [-0.15, -0.1) is 0 Å². The van der Waals surface area contributed by atoms with Crippen molar-refractivity contribution in [3.63, 3.8) is 0 Å². The molecule has 0 amide bonds. The molecule has 1 heterocycles. The number of hydrogen-bond donors (Lipinski definition) is 0. The van der Waals surface area contributed by atoms with E-state index in [1.807, 2.05) is 45.1 Å². The highest BCUT2D eigenvalue weighted by atomic mass is 16.5. The summed E-state index contributed by atoms with van der Waals surface area (Å²) in [4.78, 5) is 0. The minimum atomic E-state index is -0.711. The SMILES string of the molecule is CC.[B]C1(C)C=Cc2ccc3ccccc3c2O1. The molecular formula is C16H17BO. The zero-order chi connectivity index (χ0) is 13.2. The molecule has 1 unspecified atom stereocenters. The molecule has 2 heteroatoms. The molecule has 0 aromatic heterocycles. The fourth-order valence-electron chi connectivity index (χ4n) is 2.01. The summed E-state index contributed by atoms with van der Waals surface area (Å²) in [6.07, 6.45) is 3.90. The van der Waals surface area contributed by atoms with E-state index in [9.17, 15) is 0 Å². The quantitative estimate of drug-likeness (QED) is 0.624. The minimum Gasteiger partial charge on any atom is -0.492 e. The average Bonchev–Trinajstić information content (AvgIpc) is 2.40. The van der Waals surface area contributed by atoms with E-state index < -0.39 is 5.50 Å². The second-order valence-corrected chi connectivity index (χ2v) is 4.32. The van der Waals surface area contributed by atoms with Gasteiger partial charge in [0.2, 0.25) is 0 Å². The van der Waals surface area contributed by atoms with Gasteiger partial charge in [0.05, 0.1) is 5.50 Å². The van der Waals surface area contributed by atoms with Gasteiger partial charge in [-0.3, -0.25) is 0 Å². The maximum Gasteiger partial charge on any atom is 0.137 e. The summed E-state index contributed by atoms with van der Waals surface area (Å²) < 4.78 is 5.82. The molecule has 0 saturated carbocycles. The van der Waals surface area contributed by atoms with Gasteiger partial charge in [-0.2, -0.15) is 0 Å². The van der Waals surface area contributed by atoms with Crippen molar-refractivity contribution < 1.29 is 4.74 Å². The lowest BCUT2D eigenvalue weighted by Gasteiger charge is -2.29. The summed E-state index contributed by atoms with van der Waals surface area (Å²) in [7, 11) is 5.97. The van der Waals surface area contributed by atoms with Crippen molar-refractivity contribution in [2.75, 3.05) is 0 Å². The van der Waals surface area contributed by atoms with Crippen molar-refractivity contribution in [2.45, 2.75) is 26.3 Å². The van der Waals surface area contributed by atoms with Gasteiger partial charge in [-0.1, -0.05) is 62.4 Å². The average molecular weight is 236 g/mol.